The Labute approximate surface area is 415 Å². The fourth-order valence-corrected chi connectivity index (χ4v) is 11.6. The fraction of sp³-hybridized carbons (Fsp3) is 0.303. The molecule has 2 saturated carbocycles. The number of pyridine rings is 2. The molecule has 4 nitrogen and oxygen atoms in total. The maximum absolute atomic E-state index is 6.74. The zero-order chi connectivity index (χ0) is 48.3. The van der Waals surface area contributed by atoms with Crippen LogP contribution in [0.1, 0.15) is 124 Å². The highest BCUT2D eigenvalue weighted by molar-refractivity contribution is 6.10. The molecule has 2 aliphatic rings. The summed E-state index contributed by atoms with van der Waals surface area (Å²) in [5, 5.41) is 2.33. The molecule has 0 aliphatic heterocycles. The zero-order valence-corrected chi connectivity index (χ0v) is 42.5. The van der Waals surface area contributed by atoms with Gasteiger partial charge in [0.2, 0.25) is 0 Å². The molecule has 4 heteroatoms. The van der Waals surface area contributed by atoms with E-state index in [0.717, 1.165) is 45.0 Å². The number of aryl methyl sites for hydroxylation is 4. The second kappa shape index (κ2) is 18.2. The second-order valence-electron chi connectivity index (χ2n) is 22.5. The van der Waals surface area contributed by atoms with E-state index in [1.807, 2.05) is 18.5 Å². The average Bonchev–Trinajstić information content (AvgIpc) is 3.68. The number of rotatable bonds is 9. The first-order valence-corrected chi connectivity index (χ1v) is 25.8. The van der Waals surface area contributed by atoms with Crippen LogP contribution in [0.2, 0.25) is 0 Å². The van der Waals surface area contributed by atoms with E-state index in [2.05, 4.69) is 193 Å². The number of benzene rings is 6. The number of hydrogen-bond donors (Lipinski definition) is 0. The van der Waals surface area contributed by atoms with E-state index in [0.29, 0.717) is 22.7 Å². The van der Waals surface area contributed by atoms with E-state index < -0.39 is 0 Å². The molecule has 0 spiro atoms. The molecule has 6 aromatic carbocycles. The minimum Gasteiger partial charge on any atom is -0.457 e. The number of fused-ring (bicyclic) bond motifs is 3. The van der Waals surface area contributed by atoms with Crippen molar-refractivity contribution in [2.45, 2.75) is 119 Å². The minimum absolute atomic E-state index is 0.465. The third-order valence-corrected chi connectivity index (χ3v) is 16.4. The maximum atomic E-state index is 6.74. The third kappa shape index (κ3) is 9.10. The van der Waals surface area contributed by atoms with Gasteiger partial charge in [-0.1, -0.05) is 113 Å². The Morgan fingerprint density at radius 1 is 0.443 bits per heavy atom. The van der Waals surface area contributed by atoms with E-state index in [9.17, 15) is 0 Å². The van der Waals surface area contributed by atoms with Crippen LogP contribution in [0.3, 0.4) is 0 Å². The predicted molar refractivity (Wildman–Crippen MR) is 294 cm³/mol. The second-order valence-corrected chi connectivity index (χ2v) is 22.5. The van der Waals surface area contributed by atoms with Gasteiger partial charge in [0.05, 0.1) is 16.7 Å². The minimum atomic E-state index is 0.465. The van der Waals surface area contributed by atoms with Gasteiger partial charge in [0.25, 0.3) is 0 Å². The molecular weight excluding hydrogens is 851 g/mol. The lowest BCUT2D eigenvalue weighted by Crippen LogP contribution is -2.20. The van der Waals surface area contributed by atoms with Crippen LogP contribution in [0.5, 0.6) is 11.5 Å². The summed E-state index contributed by atoms with van der Waals surface area (Å²) in [4.78, 5) is 9.93. The van der Waals surface area contributed by atoms with Crippen molar-refractivity contribution < 1.29 is 4.74 Å². The molecule has 352 valence electrons. The summed E-state index contributed by atoms with van der Waals surface area (Å²) in [6.07, 6.45) is 14.3. The summed E-state index contributed by atoms with van der Waals surface area (Å²) >= 11 is 0. The molecular formula is C66H67N3O. The van der Waals surface area contributed by atoms with Crippen LogP contribution in [-0.2, 0) is 0 Å². The molecule has 2 fully saturated rings. The van der Waals surface area contributed by atoms with Gasteiger partial charge in [-0.2, -0.15) is 0 Å². The van der Waals surface area contributed by atoms with E-state index in [-0.39, 0.29) is 0 Å². The van der Waals surface area contributed by atoms with Crippen molar-refractivity contribution in [1.29, 1.82) is 0 Å². The molecule has 0 unspecified atom stereocenters. The van der Waals surface area contributed by atoms with Gasteiger partial charge in [-0.25, -0.2) is 4.98 Å². The van der Waals surface area contributed by atoms with Gasteiger partial charge in [-0.3, -0.25) is 9.55 Å². The Kier molecular flexibility index (Phi) is 11.9. The van der Waals surface area contributed by atoms with Gasteiger partial charge in [-0.05, 0) is 217 Å². The molecule has 0 bridgehead atoms. The zero-order valence-electron chi connectivity index (χ0n) is 42.5. The molecule has 0 amide bonds. The monoisotopic (exact) mass is 918 g/mol. The fourth-order valence-electron chi connectivity index (χ4n) is 11.6. The van der Waals surface area contributed by atoms with Crippen LogP contribution in [-0.4, -0.2) is 14.5 Å². The summed E-state index contributed by atoms with van der Waals surface area (Å²) in [6.45, 7) is 18.4. The first-order valence-electron chi connectivity index (χ1n) is 25.8. The summed E-state index contributed by atoms with van der Waals surface area (Å²) in [7, 11) is 0. The molecule has 3 heterocycles. The van der Waals surface area contributed by atoms with Crippen LogP contribution in [0.25, 0.3) is 72.3 Å². The van der Waals surface area contributed by atoms with Crippen molar-refractivity contribution in [2.75, 3.05) is 0 Å². The van der Waals surface area contributed by atoms with Gasteiger partial charge in [0.15, 0.2) is 0 Å². The smallest absolute Gasteiger partial charge is 0.137 e. The number of hydrogen-bond acceptors (Lipinski definition) is 3. The Morgan fingerprint density at radius 3 is 1.71 bits per heavy atom. The summed E-state index contributed by atoms with van der Waals surface area (Å²) < 4.78 is 9.03. The lowest BCUT2D eigenvalue weighted by Gasteiger charge is -2.34. The van der Waals surface area contributed by atoms with Gasteiger partial charge in [-0.15, -0.1) is 0 Å². The van der Waals surface area contributed by atoms with Crippen LogP contribution in [0.4, 0.5) is 0 Å². The van der Waals surface area contributed by atoms with E-state index in [4.69, 9.17) is 14.7 Å². The number of ether oxygens (including phenoxy) is 1. The molecule has 0 saturated heterocycles. The lowest BCUT2D eigenvalue weighted by molar-refractivity contribution is 0.224. The predicted octanol–water partition coefficient (Wildman–Crippen LogP) is 18.6. The summed E-state index contributed by atoms with van der Waals surface area (Å²) in [5.41, 5.74) is 20.3. The standard InChI is InChI=1S/C66H67N3O/c1-42-35-64(68-40-44(42)3)69-62-25-21-53(49-18-16-47(17-19-49)46-12-14-48(15-13-46)50-26-30-65(5,6)31-27-50)37-60(62)58-24-22-56(38-63(58)69)70-55-11-9-10-54(36-55)61-39-59(45(4)41-67-61)57-23-20-52(34-43(57)2)51-28-32-66(7,8)33-29-51/h9-25,34-41,50-51H,26-33H2,1-8H3. The Balaban J connectivity index is 0.873. The van der Waals surface area contributed by atoms with Gasteiger partial charge in [0, 0.05) is 34.8 Å². The molecule has 70 heavy (non-hydrogen) atoms. The number of aromatic nitrogens is 3. The Morgan fingerprint density at radius 2 is 1.04 bits per heavy atom. The van der Waals surface area contributed by atoms with Crippen molar-refractivity contribution in [3.05, 3.63) is 185 Å². The van der Waals surface area contributed by atoms with Crippen LogP contribution >= 0.6 is 0 Å². The van der Waals surface area contributed by atoms with Crippen molar-refractivity contribution in [1.82, 2.24) is 14.5 Å². The van der Waals surface area contributed by atoms with Crippen molar-refractivity contribution in [3.63, 3.8) is 0 Å². The van der Waals surface area contributed by atoms with Crippen LogP contribution in [0.15, 0.2) is 152 Å². The molecule has 9 aromatic rings. The molecule has 0 N–H and O–H groups in total. The van der Waals surface area contributed by atoms with E-state index in [1.54, 1.807) is 0 Å². The molecule has 0 atom stereocenters. The number of nitrogens with zero attached hydrogens (tertiary/aromatic N) is 3. The third-order valence-electron chi connectivity index (χ3n) is 16.4. The van der Waals surface area contributed by atoms with Crippen molar-refractivity contribution in [2.24, 2.45) is 10.8 Å². The van der Waals surface area contributed by atoms with Crippen molar-refractivity contribution >= 4 is 21.8 Å². The van der Waals surface area contributed by atoms with Gasteiger partial charge >= 0.3 is 0 Å². The first-order chi connectivity index (χ1) is 33.7. The van der Waals surface area contributed by atoms with Crippen molar-refractivity contribution in [3.8, 4) is 62.0 Å². The first kappa shape index (κ1) is 45.7. The quantitative estimate of drug-likeness (QED) is 0.145. The summed E-state index contributed by atoms with van der Waals surface area (Å²) in [5.74, 6) is 3.75. The highest BCUT2D eigenvalue weighted by atomic mass is 16.5. The molecule has 3 aromatic heterocycles. The highest BCUT2D eigenvalue weighted by Gasteiger charge is 2.29. The average molecular weight is 918 g/mol. The largest absolute Gasteiger partial charge is 0.457 e. The molecule has 0 radical (unpaired) electrons. The van der Waals surface area contributed by atoms with E-state index in [1.165, 1.54) is 124 Å². The lowest BCUT2D eigenvalue weighted by atomic mass is 9.71. The maximum Gasteiger partial charge on any atom is 0.137 e. The Bertz CT molecular complexity index is 3390. The van der Waals surface area contributed by atoms with Crippen LogP contribution in [0, 0.1) is 38.5 Å². The summed E-state index contributed by atoms with van der Waals surface area (Å²) in [6, 6.07) is 51.6. The SMILES string of the molecule is Cc1cnc(-n2c3ccc(-c4ccc(-c5ccc(C6CCC(C)(C)CC6)cc5)cc4)cc3c3ccc(Oc4cccc(-c5cc(-c6ccc(C7CCC(C)(C)CC7)cc6C)c(C)cn5)c4)cc32)cc1C. The highest BCUT2D eigenvalue weighted by Crippen LogP contribution is 2.45. The Hall–Kier alpha value is -6.78. The normalized spacial score (nSPS) is 16.2. The van der Waals surface area contributed by atoms with Gasteiger partial charge in [0.1, 0.15) is 17.3 Å². The van der Waals surface area contributed by atoms with Crippen LogP contribution < -0.4 is 4.74 Å². The topological polar surface area (TPSA) is 39.9 Å². The van der Waals surface area contributed by atoms with Gasteiger partial charge < -0.3 is 4.74 Å². The molecule has 2 aliphatic carbocycles. The molecule has 11 rings (SSSR count). The van der Waals surface area contributed by atoms with E-state index >= 15 is 0 Å².